The highest BCUT2D eigenvalue weighted by atomic mass is 35.5. The van der Waals surface area contributed by atoms with E-state index in [0.29, 0.717) is 23.6 Å². The predicted molar refractivity (Wildman–Crippen MR) is 124 cm³/mol. The number of hydrogen-bond acceptors (Lipinski definition) is 5. The van der Waals surface area contributed by atoms with E-state index in [9.17, 15) is 9.59 Å². The smallest absolute Gasteiger partial charge is 0.253 e. The summed E-state index contributed by atoms with van der Waals surface area (Å²) in [5.74, 6) is 0.200. The zero-order chi connectivity index (χ0) is 21.2. The number of carbonyl (C=O) groups is 2. The van der Waals surface area contributed by atoms with Crippen molar-refractivity contribution in [3.8, 4) is 0 Å². The third-order valence-electron chi connectivity index (χ3n) is 4.19. The second-order valence-corrected chi connectivity index (χ2v) is 9.33. The molecular weight excluding hydrogens is 449 g/mol. The Morgan fingerprint density at radius 2 is 2.07 bits per heavy atom. The molecule has 0 aliphatic rings. The van der Waals surface area contributed by atoms with Gasteiger partial charge in [0.15, 0.2) is 0 Å². The molecule has 0 saturated heterocycles. The predicted octanol–water partition coefficient (Wildman–Crippen LogP) is 4.75. The van der Waals surface area contributed by atoms with Gasteiger partial charge in [-0.25, -0.2) is 4.98 Å². The Bertz CT molecular complexity index is 830. The molecule has 1 unspecified atom stereocenters. The molecule has 1 aromatic heterocycles. The van der Waals surface area contributed by atoms with Gasteiger partial charge in [-0.15, -0.1) is 11.3 Å². The number of thiazole rings is 1. The molecule has 0 bridgehead atoms. The molecule has 2 N–H and O–H groups in total. The van der Waals surface area contributed by atoms with Crippen molar-refractivity contribution in [1.29, 1.82) is 0 Å². The van der Waals surface area contributed by atoms with Crippen molar-refractivity contribution in [3.05, 3.63) is 49.9 Å². The van der Waals surface area contributed by atoms with Gasteiger partial charge in [0.2, 0.25) is 5.91 Å². The minimum Gasteiger partial charge on any atom is -0.354 e. The van der Waals surface area contributed by atoms with E-state index in [-0.39, 0.29) is 16.8 Å². The van der Waals surface area contributed by atoms with Crippen molar-refractivity contribution in [2.24, 2.45) is 0 Å². The lowest BCUT2D eigenvalue weighted by Crippen LogP contribution is -2.47. The summed E-state index contributed by atoms with van der Waals surface area (Å²) in [4.78, 5) is 29.6. The van der Waals surface area contributed by atoms with Gasteiger partial charge in [-0.05, 0) is 62.8 Å². The molecule has 9 heteroatoms. The van der Waals surface area contributed by atoms with Gasteiger partial charge in [-0.3, -0.25) is 9.59 Å². The van der Waals surface area contributed by atoms with E-state index in [4.69, 9.17) is 23.2 Å². The Morgan fingerprint density at radius 3 is 2.72 bits per heavy atom. The number of amides is 2. The summed E-state index contributed by atoms with van der Waals surface area (Å²) >= 11 is 15.3. The SMILES string of the molecule is CSCCC(NC(=O)c1ccc(Cl)cc1Cl)C(=O)NCCCCc1nc(C)cs1. The summed E-state index contributed by atoms with van der Waals surface area (Å²) < 4.78 is 0. The van der Waals surface area contributed by atoms with Crippen molar-refractivity contribution >= 4 is 58.1 Å². The van der Waals surface area contributed by atoms with Gasteiger partial charge in [0.1, 0.15) is 6.04 Å². The first-order valence-corrected chi connectivity index (χ1v) is 12.4. The number of rotatable bonds is 11. The standard InChI is InChI=1S/C20H25Cl2N3O2S2/c1-13-12-29-18(24-13)5-3-4-9-23-20(27)17(8-10-28-2)25-19(26)15-7-6-14(21)11-16(15)22/h6-7,11-12,17H,3-5,8-10H2,1-2H3,(H,23,27)(H,25,26). The maximum atomic E-state index is 12.6. The topological polar surface area (TPSA) is 71.1 Å². The first-order valence-electron chi connectivity index (χ1n) is 9.34. The number of carbonyl (C=O) groups excluding carboxylic acids is 2. The van der Waals surface area contributed by atoms with Crippen LogP contribution >= 0.6 is 46.3 Å². The molecule has 1 aromatic carbocycles. The maximum Gasteiger partial charge on any atom is 0.253 e. The fraction of sp³-hybridized carbons (Fsp3) is 0.450. The largest absolute Gasteiger partial charge is 0.354 e. The molecule has 0 radical (unpaired) electrons. The van der Waals surface area contributed by atoms with Crippen LogP contribution in [0.5, 0.6) is 0 Å². The van der Waals surface area contributed by atoms with Crippen molar-refractivity contribution in [2.45, 2.75) is 38.6 Å². The lowest BCUT2D eigenvalue weighted by Gasteiger charge is -2.18. The maximum absolute atomic E-state index is 12.6. The highest BCUT2D eigenvalue weighted by Crippen LogP contribution is 2.21. The van der Waals surface area contributed by atoms with Crippen LogP contribution in [0, 0.1) is 6.92 Å². The summed E-state index contributed by atoms with van der Waals surface area (Å²) in [6, 6.07) is 4.06. The normalized spacial score (nSPS) is 11.9. The molecule has 2 aromatic rings. The Hall–Kier alpha value is -1.28. The number of halogens is 2. The molecule has 1 heterocycles. The van der Waals surface area contributed by atoms with Crippen LogP contribution in [-0.2, 0) is 11.2 Å². The van der Waals surface area contributed by atoms with Crippen LogP contribution in [-0.4, -0.2) is 41.4 Å². The zero-order valence-corrected chi connectivity index (χ0v) is 19.6. The van der Waals surface area contributed by atoms with Crippen molar-refractivity contribution in [2.75, 3.05) is 18.6 Å². The van der Waals surface area contributed by atoms with Crippen molar-refractivity contribution < 1.29 is 9.59 Å². The Labute approximate surface area is 190 Å². The number of hydrogen-bond donors (Lipinski definition) is 2. The molecule has 2 rings (SSSR count). The second kappa shape index (κ2) is 12.4. The van der Waals surface area contributed by atoms with E-state index >= 15 is 0 Å². The quantitative estimate of drug-likeness (QED) is 0.461. The van der Waals surface area contributed by atoms with E-state index in [1.54, 1.807) is 35.2 Å². The Kier molecular flexibility index (Phi) is 10.3. The summed E-state index contributed by atoms with van der Waals surface area (Å²) in [7, 11) is 0. The summed E-state index contributed by atoms with van der Waals surface area (Å²) in [5, 5.41) is 9.61. The molecule has 158 valence electrons. The molecule has 5 nitrogen and oxygen atoms in total. The lowest BCUT2D eigenvalue weighted by molar-refractivity contribution is -0.123. The monoisotopic (exact) mass is 473 g/mol. The number of nitrogens with zero attached hydrogens (tertiary/aromatic N) is 1. The molecule has 0 saturated carbocycles. The van der Waals surface area contributed by atoms with E-state index < -0.39 is 6.04 Å². The molecule has 1 atom stereocenters. The molecule has 0 spiro atoms. The van der Waals surface area contributed by atoms with Gasteiger partial charge in [0.25, 0.3) is 5.91 Å². The first kappa shape index (κ1) is 24.0. The number of thioether (sulfide) groups is 1. The number of aromatic nitrogens is 1. The Balaban J connectivity index is 1.83. The summed E-state index contributed by atoms with van der Waals surface area (Å²) in [6.07, 6.45) is 5.23. The fourth-order valence-electron chi connectivity index (χ4n) is 2.67. The van der Waals surface area contributed by atoms with Crippen LogP contribution in [0.2, 0.25) is 10.0 Å². The lowest BCUT2D eigenvalue weighted by atomic mass is 10.1. The number of benzene rings is 1. The molecule has 29 heavy (non-hydrogen) atoms. The molecular formula is C20H25Cl2N3O2S2. The minimum absolute atomic E-state index is 0.178. The Morgan fingerprint density at radius 1 is 1.28 bits per heavy atom. The average molecular weight is 474 g/mol. The van der Waals surface area contributed by atoms with Gasteiger partial charge in [0.05, 0.1) is 15.6 Å². The molecule has 0 aliphatic carbocycles. The number of aryl methyl sites for hydroxylation is 2. The van der Waals surface area contributed by atoms with Crippen molar-refractivity contribution in [1.82, 2.24) is 15.6 Å². The third-order valence-corrected chi connectivity index (χ3v) is 6.41. The molecule has 2 amide bonds. The number of nitrogens with one attached hydrogen (secondary N) is 2. The van der Waals surface area contributed by atoms with E-state index in [1.807, 2.05) is 18.6 Å². The van der Waals surface area contributed by atoms with E-state index in [1.165, 1.54) is 6.07 Å². The van der Waals surface area contributed by atoms with Crippen molar-refractivity contribution in [3.63, 3.8) is 0 Å². The second-order valence-electron chi connectivity index (χ2n) is 6.56. The molecule has 0 aliphatic heterocycles. The van der Waals surface area contributed by atoms with Gasteiger partial charge >= 0.3 is 0 Å². The third kappa shape index (κ3) is 8.16. The van der Waals surface area contributed by atoms with Crippen LogP contribution in [0.25, 0.3) is 0 Å². The van der Waals surface area contributed by atoms with Crippen LogP contribution in [0.15, 0.2) is 23.6 Å². The van der Waals surface area contributed by atoms with Gasteiger partial charge in [0, 0.05) is 22.6 Å². The van der Waals surface area contributed by atoms with Crippen LogP contribution in [0.3, 0.4) is 0 Å². The van der Waals surface area contributed by atoms with Gasteiger partial charge < -0.3 is 10.6 Å². The van der Waals surface area contributed by atoms with Gasteiger partial charge in [-0.2, -0.15) is 11.8 Å². The van der Waals surface area contributed by atoms with Gasteiger partial charge in [-0.1, -0.05) is 23.2 Å². The fourth-order valence-corrected chi connectivity index (χ4v) is 4.45. The van der Waals surface area contributed by atoms with E-state index in [2.05, 4.69) is 15.6 Å². The minimum atomic E-state index is -0.608. The first-order chi connectivity index (χ1) is 13.9. The summed E-state index contributed by atoms with van der Waals surface area (Å²) in [6.45, 7) is 2.55. The molecule has 0 fully saturated rings. The number of unbranched alkanes of at least 4 members (excludes halogenated alkanes) is 1. The van der Waals surface area contributed by atoms with Crippen LogP contribution in [0.4, 0.5) is 0 Å². The van der Waals surface area contributed by atoms with E-state index in [0.717, 1.165) is 35.7 Å². The van der Waals surface area contributed by atoms with Crippen LogP contribution < -0.4 is 10.6 Å². The highest BCUT2D eigenvalue weighted by molar-refractivity contribution is 7.98. The van der Waals surface area contributed by atoms with Crippen LogP contribution in [0.1, 0.15) is 40.3 Å². The highest BCUT2D eigenvalue weighted by Gasteiger charge is 2.22. The zero-order valence-electron chi connectivity index (χ0n) is 16.5. The average Bonchev–Trinajstić information content (AvgIpc) is 3.09. The summed E-state index contributed by atoms with van der Waals surface area (Å²) in [5.41, 5.74) is 1.35.